The first-order valence-electron chi connectivity index (χ1n) is 12.8. The van der Waals surface area contributed by atoms with E-state index < -0.39 is 0 Å². The molecule has 0 bridgehead atoms. The summed E-state index contributed by atoms with van der Waals surface area (Å²) in [5, 5.41) is 0. The SMILES string of the molecule is CC1=CC2c3cc(C)ccc3OC2C=C1.Cc1ccc(-c2cc(C)cc(-c3ccc(C)cc3)c2)cc1. The quantitative estimate of drug-likeness (QED) is 0.284. The summed E-state index contributed by atoms with van der Waals surface area (Å²) in [6, 6.07) is 30.7. The van der Waals surface area contributed by atoms with Gasteiger partial charge in [0.05, 0.1) is 0 Å². The number of aryl methyl sites for hydroxylation is 4. The van der Waals surface area contributed by atoms with E-state index in [1.165, 1.54) is 55.6 Å². The minimum Gasteiger partial charge on any atom is -0.485 e. The molecular weight excluding hydrogens is 436 g/mol. The summed E-state index contributed by atoms with van der Waals surface area (Å²) in [6.07, 6.45) is 6.82. The predicted octanol–water partition coefficient (Wildman–Crippen LogP) is 9.30. The summed E-state index contributed by atoms with van der Waals surface area (Å²) in [5.41, 5.74) is 13.0. The smallest absolute Gasteiger partial charge is 0.128 e. The molecule has 0 saturated carbocycles. The lowest BCUT2D eigenvalue weighted by Crippen LogP contribution is -2.16. The first-order chi connectivity index (χ1) is 17.4. The normalized spacial score (nSPS) is 17.3. The van der Waals surface area contributed by atoms with Crippen molar-refractivity contribution in [3.8, 4) is 28.0 Å². The molecule has 1 heterocycles. The second kappa shape index (κ2) is 10.0. The summed E-state index contributed by atoms with van der Waals surface area (Å²) >= 11 is 0. The number of benzene rings is 4. The Morgan fingerprint density at radius 2 is 1.08 bits per heavy atom. The minimum atomic E-state index is 0.213. The second-order valence-electron chi connectivity index (χ2n) is 10.2. The van der Waals surface area contributed by atoms with Crippen LogP contribution in [0.5, 0.6) is 5.75 Å². The lowest BCUT2D eigenvalue weighted by molar-refractivity contribution is 0.268. The van der Waals surface area contributed by atoms with Crippen LogP contribution in [0.4, 0.5) is 0 Å². The van der Waals surface area contributed by atoms with Gasteiger partial charge >= 0.3 is 0 Å². The number of allylic oxidation sites excluding steroid dienone is 2. The molecular formula is C35H34O. The standard InChI is InChI=1S/C21H20.C14H14O/c1-15-4-8-18(9-5-15)20-12-17(3)13-21(14-20)19-10-6-16(2)7-11-19;1-9-3-5-13-11(7-9)12-8-10(2)4-6-14(12)15-13/h4-14H,1-3H3;3-8,11,13H,1-2H3. The first kappa shape index (κ1) is 23.9. The van der Waals surface area contributed by atoms with Crippen molar-refractivity contribution in [2.24, 2.45) is 0 Å². The Morgan fingerprint density at radius 1 is 0.528 bits per heavy atom. The highest BCUT2D eigenvalue weighted by Gasteiger charge is 2.32. The maximum atomic E-state index is 5.88. The van der Waals surface area contributed by atoms with E-state index in [2.05, 4.69) is 138 Å². The van der Waals surface area contributed by atoms with Crippen molar-refractivity contribution in [3.63, 3.8) is 0 Å². The Morgan fingerprint density at radius 3 is 1.67 bits per heavy atom. The fraction of sp³-hybridized carbons (Fsp3) is 0.200. The Hall–Kier alpha value is -3.84. The Labute approximate surface area is 215 Å². The molecule has 0 fully saturated rings. The fourth-order valence-corrected chi connectivity index (χ4v) is 4.97. The molecule has 180 valence electrons. The van der Waals surface area contributed by atoms with Gasteiger partial charge in [-0.3, -0.25) is 0 Å². The summed E-state index contributed by atoms with van der Waals surface area (Å²) in [6.45, 7) is 10.7. The van der Waals surface area contributed by atoms with Gasteiger partial charge in [0.2, 0.25) is 0 Å². The molecule has 6 rings (SSSR count). The zero-order valence-electron chi connectivity index (χ0n) is 21.9. The number of hydrogen-bond acceptors (Lipinski definition) is 1. The molecule has 1 nitrogen and oxygen atoms in total. The topological polar surface area (TPSA) is 9.23 Å². The molecule has 36 heavy (non-hydrogen) atoms. The van der Waals surface area contributed by atoms with E-state index >= 15 is 0 Å². The summed E-state index contributed by atoms with van der Waals surface area (Å²) < 4.78 is 5.88. The lowest BCUT2D eigenvalue weighted by Gasteiger charge is -2.16. The van der Waals surface area contributed by atoms with Gasteiger partial charge in [-0.25, -0.2) is 0 Å². The van der Waals surface area contributed by atoms with Gasteiger partial charge in [0.15, 0.2) is 0 Å². The molecule has 1 aliphatic heterocycles. The van der Waals surface area contributed by atoms with E-state index in [9.17, 15) is 0 Å². The third kappa shape index (κ3) is 5.21. The Balaban J connectivity index is 0.000000156. The fourth-order valence-electron chi connectivity index (χ4n) is 4.97. The van der Waals surface area contributed by atoms with Crippen LogP contribution >= 0.6 is 0 Å². The van der Waals surface area contributed by atoms with Crippen molar-refractivity contribution in [2.75, 3.05) is 0 Å². The van der Waals surface area contributed by atoms with E-state index in [1.807, 2.05) is 0 Å². The highest BCUT2D eigenvalue weighted by atomic mass is 16.5. The van der Waals surface area contributed by atoms with Gasteiger partial charge in [0.1, 0.15) is 11.9 Å². The third-order valence-electron chi connectivity index (χ3n) is 6.98. The Bertz CT molecular complexity index is 1370. The van der Waals surface area contributed by atoms with Gasteiger partial charge in [-0.15, -0.1) is 0 Å². The maximum absolute atomic E-state index is 5.88. The van der Waals surface area contributed by atoms with Gasteiger partial charge < -0.3 is 4.74 Å². The van der Waals surface area contributed by atoms with Crippen molar-refractivity contribution < 1.29 is 4.74 Å². The molecule has 4 aromatic carbocycles. The highest BCUT2D eigenvalue weighted by Crippen LogP contribution is 2.42. The number of hydrogen-bond donors (Lipinski definition) is 0. The molecule has 0 aromatic heterocycles. The zero-order chi connectivity index (χ0) is 25.2. The van der Waals surface area contributed by atoms with Crippen molar-refractivity contribution in [1.82, 2.24) is 0 Å². The second-order valence-corrected chi connectivity index (χ2v) is 10.2. The van der Waals surface area contributed by atoms with Crippen LogP contribution < -0.4 is 4.74 Å². The molecule has 4 aromatic rings. The molecule has 0 radical (unpaired) electrons. The molecule has 0 N–H and O–H groups in total. The van der Waals surface area contributed by atoms with Crippen LogP contribution in [-0.4, -0.2) is 6.10 Å². The highest BCUT2D eigenvalue weighted by molar-refractivity contribution is 5.74. The number of ether oxygens (including phenoxy) is 1. The van der Waals surface area contributed by atoms with Crippen LogP contribution in [-0.2, 0) is 0 Å². The average Bonchev–Trinajstić information content (AvgIpc) is 3.22. The van der Waals surface area contributed by atoms with E-state index in [0.29, 0.717) is 5.92 Å². The largest absolute Gasteiger partial charge is 0.485 e. The van der Waals surface area contributed by atoms with Crippen molar-refractivity contribution in [1.29, 1.82) is 0 Å². The van der Waals surface area contributed by atoms with Crippen LogP contribution in [0, 0.1) is 27.7 Å². The number of fused-ring (bicyclic) bond motifs is 3. The molecule has 2 unspecified atom stereocenters. The van der Waals surface area contributed by atoms with Gasteiger partial charge in [0.25, 0.3) is 0 Å². The van der Waals surface area contributed by atoms with Gasteiger partial charge in [-0.05, 0) is 80.6 Å². The van der Waals surface area contributed by atoms with Crippen LogP contribution in [0.1, 0.15) is 40.7 Å². The summed E-state index contributed by atoms with van der Waals surface area (Å²) in [4.78, 5) is 0. The molecule has 0 amide bonds. The maximum Gasteiger partial charge on any atom is 0.128 e. The van der Waals surface area contributed by atoms with Gasteiger partial charge in [-0.1, -0.05) is 107 Å². The monoisotopic (exact) mass is 470 g/mol. The zero-order valence-corrected chi connectivity index (χ0v) is 21.9. The summed E-state index contributed by atoms with van der Waals surface area (Å²) in [7, 11) is 0. The van der Waals surface area contributed by atoms with E-state index in [0.717, 1.165) is 5.75 Å². The van der Waals surface area contributed by atoms with Crippen LogP contribution in [0.15, 0.2) is 109 Å². The molecule has 2 atom stereocenters. The van der Waals surface area contributed by atoms with Crippen LogP contribution in [0.25, 0.3) is 22.3 Å². The van der Waals surface area contributed by atoms with Gasteiger partial charge in [0, 0.05) is 11.5 Å². The molecule has 0 spiro atoms. The Kier molecular flexibility index (Phi) is 6.65. The predicted molar refractivity (Wildman–Crippen MR) is 153 cm³/mol. The minimum absolute atomic E-state index is 0.213. The van der Waals surface area contributed by atoms with Crippen LogP contribution in [0.3, 0.4) is 0 Å². The average molecular weight is 471 g/mol. The summed E-state index contributed by atoms with van der Waals surface area (Å²) in [5.74, 6) is 1.47. The van der Waals surface area contributed by atoms with Crippen molar-refractivity contribution in [2.45, 2.75) is 46.6 Å². The van der Waals surface area contributed by atoms with E-state index in [1.54, 1.807) is 0 Å². The van der Waals surface area contributed by atoms with Crippen LogP contribution in [0.2, 0.25) is 0 Å². The van der Waals surface area contributed by atoms with Gasteiger partial charge in [-0.2, -0.15) is 0 Å². The molecule has 1 heteroatoms. The lowest BCUT2D eigenvalue weighted by atomic mass is 9.89. The van der Waals surface area contributed by atoms with E-state index in [-0.39, 0.29) is 6.10 Å². The molecule has 1 aliphatic carbocycles. The van der Waals surface area contributed by atoms with E-state index in [4.69, 9.17) is 4.74 Å². The van der Waals surface area contributed by atoms with Crippen molar-refractivity contribution >= 4 is 0 Å². The number of rotatable bonds is 2. The molecule has 2 aliphatic rings. The van der Waals surface area contributed by atoms with Crippen molar-refractivity contribution in [3.05, 3.63) is 137 Å². The third-order valence-corrected chi connectivity index (χ3v) is 6.98. The first-order valence-corrected chi connectivity index (χ1v) is 12.8. The molecule has 0 saturated heterocycles.